The van der Waals surface area contributed by atoms with Crippen LogP contribution in [0.1, 0.15) is 78.1 Å². The van der Waals surface area contributed by atoms with Gasteiger partial charge in [-0.3, -0.25) is 19.3 Å². The van der Waals surface area contributed by atoms with E-state index >= 15 is 0 Å². The highest BCUT2D eigenvalue weighted by Crippen LogP contribution is 2.61. The van der Waals surface area contributed by atoms with Crippen LogP contribution < -0.4 is 5.32 Å². The summed E-state index contributed by atoms with van der Waals surface area (Å²) in [5.74, 6) is -4.85. The summed E-state index contributed by atoms with van der Waals surface area (Å²) in [6, 6.07) is 20.9. The molecule has 9 nitrogen and oxygen atoms in total. The molecule has 3 aliphatic carbocycles. The SMILES string of the molecule is CCCCOC(=O)c1ccc(NC(=O)COC(=O)[C@H](C(C)C)N2C(=O)[C@@H]3C4c5ccccc5C(c5ccccc54)[C@@H]3C2=O)cc1. The summed E-state index contributed by atoms with van der Waals surface area (Å²) < 4.78 is 10.6. The van der Waals surface area contributed by atoms with Crippen LogP contribution >= 0.6 is 0 Å². The zero-order valence-corrected chi connectivity index (χ0v) is 25.5. The lowest BCUT2D eigenvalue weighted by Crippen LogP contribution is -2.49. The van der Waals surface area contributed by atoms with Crippen molar-refractivity contribution >= 4 is 35.3 Å². The van der Waals surface area contributed by atoms with Gasteiger partial charge in [0.25, 0.3) is 5.91 Å². The highest BCUT2D eigenvalue weighted by atomic mass is 16.5. The van der Waals surface area contributed by atoms with Crippen LogP contribution in [0, 0.1) is 17.8 Å². The molecule has 3 aromatic carbocycles. The van der Waals surface area contributed by atoms with E-state index in [0.717, 1.165) is 40.0 Å². The molecular weight excluding hydrogens is 572 g/mol. The molecule has 7 rings (SSSR count). The second-order valence-electron chi connectivity index (χ2n) is 12.2. The van der Waals surface area contributed by atoms with Crippen molar-refractivity contribution in [2.45, 2.75) is 51.5 Å². The first-order chi connectivity index (χ1) is 21.7. The maximum absolute atomic E-state index is 14.1. The van der Waals surface area contributed by atoms with Gasteiger partial charge in [-0.25, -0.2) is 9.59 Å². The first-order valence-electron chi connectivity index (χ1n) is 15.5. The van der Waals surface area contributed by atoms with Crippen LogP contribution in [0.5, 0.6) is 0 Å². The summed E-state index contributed by atoms with van der Waals surface area (Å²) in [5.41, 5.74) is 4.96. The van der Waals surface area contributed by atoms with Crippen LogP contribution in [0.2, 0.25) is 0 Å². The number of likely N-dealkylation sites (tertiary alicyclic amines) is 1. The van der Waals surface area contributed by atoms with Gasteiger partial charge >= 0.3 is 11.9 Å². The highest BCUT2D eigenvalue weighted by Gasteiger charge is 2.63. The monoisotopic (exact) mass is 608 g/mol. The molecule has 1 aliphatic heterocycles. The van der Waals surface area contributed by atoms with Gasteiger partial charge in [0.15, 0.2) is 6.61 Å². The molecule has 9 heteroatoms. The Morgan fingerprint density at radius 3 is 1.76 bits per heavy atom. The number of nitrogens with one attached hydrogen (secondary N) is 1. The molecule has 3 amide bonds. The predicted molar refractivity (Wildman–Crippen MR) is 165 cm³/mol. The Bertz CT molecular complexity index is 1550. The summed E-state index contributed by atoms with van der Waals surface area (Å²) in [6.07, 6.45) is 1.69. The summed E-state index contributed by atoms with van der Waals surface area (Å²) >= 11 is 0. The molecule has 1 N–H and O–H groups in total. The van der Waals surface area contributed by atoms with E-state index in [2.05, 4.69) is 5.32 Å². The molecule has 0 spiro atoms. The first-order valence-corrected chi connectivity index (χ1v) is 15.5. The van der Waals surface area contributed by atoms with Gasteiger partial charge in [-0.1, -0.05) is 75.7 Å². The van der Waals surface area contributed by atoms with Gasteiger partial charge in [-0.05, 0) is 58.9 Å². The zero-order chi connectivity index (χ0) is 31.8. The smallest absolute Gasteiger partial charge is 0.338 e. The van der Waals surface area contributed by atoms with Gasteiger partial charge in [0.1, 0.15) is 6.04 Å². The van der Waals surface area contributed by atoms with Crippen molar-refractivity contribution in [3.05, 3.63) is 101 Å². The molecule has 0 radical (unpaired) electrons. The quantitative estimate of drug-likeness (QED) is 0.195. The lowest BCUT2D eigenvalue weighted by Gasteiger charge is -2.45. The van der Waals surface area contributed by atoms with Crippen molar-refractivity contribution < 1.29 is 33.4 Å². The third-order valence-corrected chi connectivity index (χ3v) is 9.11. The fraction of sp³-hybridized carbons (Fsp3) is 0.361. The number of benzene rings is 3. The number of unbranched alkanes of at least 4 members (excludes halogenated alkanes) is 1. The highest BCUT2D eigenvalue weighted by molar-refractivity contribution is 6.10. The number of amides is 3. The van der Waals surface area contributed by atoms with Crippen LogP contribution in [-0.4, -0.2) is 53.8 Å². The Kier molecular flexibility index (Phi) is 8.27. The van der Waals surface area contributed by atoms with Gasteiger partial charge in [-0.2, -0.15) is 0 Å². The molecule has 2 bridgehead atoms. The van der Waals surface area contributed by atoms with E-state index in [-0.39, 0.29) is 23.7 Å². The second kappa shape index (κ2) is 12.3. The van der Waals surface area contributed by atoms with Crippen molar-refractivity contribution in [3.8, 4) is 0 Å². The number of carbonyl (C=O) groups excluding carboxylic acids is 5. The summed E-state index contributed by atoms with van der Waals surface area (Å²) in [4.78, 5) is 67.6. The van der Waals surface area contributed by atoms with E-state index in [1.54, 1.807) is 38.1 Å². The number of carbonyl (C=O) groups is 5. The normalized spacial score (nSPS) is 21.6. The van der Waals surface area contributed by atoms with Crippen LogP contribution in [0.15, 0.2) is 72.8 Å². The lowest BCUT2D eigenvalue weighted by molar-refractivity contribution is -0.162. The molecular formula is C36H36N2O7. The third-order valence-electron chi connectivity index (χ3n) is 9.11. The standard InChI is InChI=1S/C36H36N2O7/c1-4-5-18-44-35(42)21-14-16-22(17-15-21)37-27(39)19-45-36(43)32(20(2)3)38-33(40)30-28-23-10-6-7-11-24(23)29(31(30)34(38)41)26-13-9-8-12-25(26)28/h6-17,20,28-32H,4-5,18-19H2,1-3H3,(H,37,39)/t28?,29?,30-,31+,32-/m0/s1. The maximum atomic E-state index is 14.1. The number of hydrogen-bond donors (Lipinski definition) is 1. The molecule has 232 valence electrons. The Hall–Kier alpha value is -4.79. The van der Waals surface area contributed by atoms with E-state index in [1.807, 2.05) is 55.5 Å². The van der Waals surface area contributed by atoms with Gasteiger partial charge in [0.05, 0.1) is 24.0 Å². The number of nitrogens with zero attached hydrogens (tertiary/aromatic N) is 1. The molecule has 45 heavy (non-hydrogen) atoms. The van der Waals surface area contributed by atoms with Crippen LogP contribution in [0.25, 0.3) is 0 Å². The predicted octanol–water partition coefficient (Wildman–Crippen LogP) is 5.04. The third kappa shape index (κ3) is 5.30. The first kappa shape index (κ1) is 30.2. The van der Waals surface area contributed by atoms with E-state index in [4.69, 9.17) is 9.47 Å². The number of hydrogen-bond acceptors (Lipinski definition) is 7. The largest absolute Gasteiger partial charge is 0.462 e. The Balaban J connectivity index is 1.15. The summed E-state index contributed by atoms with van der Waals surface area (Å²) in [6.45, 7) is 5.25. The van der Waals surface area contributed by atoms with Gasteiger partial charge in [-0.15, -0.1) is 0 Å². The van der Waals surface area contributed by atoms with E-state index < -0.39 is 48.2 Å². The van der Waals surface area contributed by atoms with Crippen molar-refractivity contribution in [2.24, 2.45) is 17.8 Å². The van der Waals surface area contributed by atoms with E-state index in [0.29, 0.717) is 17.9 Å². The molecule has 1 fully saturated rings. The van der Waals surface area contributed by atoms with Gasteiger partial charge in [0, 0.05) is 17.5 Å². The molecule has 4 aliphatic rings. The van der Waals surface area contributed by atoms with Crippen LogP contribution in [0.4, 0.5) is 5.69 Å². The van der Waals surface area contributed by atoms with Crippen molar-refractivity contribution in [2.75, 3.05) is 18.5 Å². The van der Waals surface area contributed by atoms with E-state index in [9.17, 15) is 24.0 Å². The summed E-state index contributed by atoms with van der Waals surface area (Å²) in [5, 5.41) is 2.64. The second-order valence-corrected chi connectivity index (χ2v) is 12.2. The Morgan fingerprint density at radius 2 is 1.29 bits per heavy atom. The average molecular weight is 609 g/mol. The molecule has 0 saturated carbocycles. The molecule has 0 unspecified atom stereocenters. The Morgan fingerprint density at radius 1 is 0.778 bits per heavy atom. The molecule has 0 aromatic heterocycles. The van der Waals surface area contributed by atoms with Crippen molar-refractivity contribution in [1.29, 1.82) is 0 Å². The minimum Gasteiger partial charge on any atom is -0.462 e. The van der Waals surface area contributed by atoms with Crippen molar-refractivity contribution in [1.82, 2.24) is 4.90 Å². The number of anilines is 1. The van der Waals surface area contributed by atoms with E-state index in [1.165, 1.54) is 0 Å². The number of imide groups is 1. The van der Waals surface area contributed by atoms with Crippen molar-refractivity contribution in [3.63, 3.8) is 0 Å². The lowest BCUT2D eigenvalue weighted by atomic mass is 9.55. The van der Waals surface area contributed by atoms with Gasteiger partial charge in [0.2, 0.25) is 11.8 Å². The maximum Gasteiger partial charge on any atom is 0.338 e. The zero-order valence-electron chi connectivity index (χ0n) is 25.5. The van der Waals surface area contributed by atoms with Gasteiger partial charge < -0.3 is 14.8 Å². The van der Waals surface area contributed by atoms with Crippen LogP contribution in [0.3, 0.4) is 0 Å². The number of esters is 2. The fourth-order valence-corrected chi connectivity index (χ4v) is 7.15. The topological polar surface area (TPSA) is 119 Å². The molecule has 3 atom stereocenters. The fourth-order valence-electron chi connectivity index (χ4n) is 7.15. The minimum absolute atomic E-state index is 0.284. The summed E-state index contributed by atoms with van der Waals surface area (Å²) in [7, 11) is 0. The van der Waals surface area contributed by atoms with Crippen LogP contribution in [-0.2, 0) is 28.7 Å². The Labute approximate surface area is 261 Å². The molecule has 3 aromatic rings. The minimum atomic E-state index is -1.17. The number of rotatable bonds is 10. The average Bonchev–Trinajstić information content (AvgIpc) is 3.30. The molecule has 1 saturated heterocycles. The number of ether oxygens (including phenoxy) is 2. The molecule has 1 heterocycles.